The third-order valence-electron chi connectivity index (χ3n) is 4.60. The molecule has 1 aromatic heterocycles. The number of benzene rings is 1. The molecule has 0 saturated carbocycles. The van der Waals surface area contributed by atoms with Crippen molar-refractivity contribution in [3.05, 3.63) is 46.7 Å². The fourth-order valence-electron chi connectivity index (χ4n) is 2.87. The summed E-state index contributed by atoms with van der Waals surface area (Å²) in [7, 11) is 1.29. The van der Waals surface area contributed by atoms with Crippen molar-refractivity contribution in [3.63, 3.8) is 0 Å². The average molecular weight is 389 g/mol. The highest BCUT2D eigenvalue weighted by Crippen LogP contribution is 2.24. The lowest BCUT2D eigenvalue weighted by Crippen LogP contribution is -2.34. The highest BCUT2D eigenvalue weighted by atomic mass is 35.5. The molecule has 1 aliphatic rings. The summed E-state index contributed by atoms with van der Waals surface area (Å²) in [5, 5.41) is 2.99. The van der Waals surface area contributed by atoms with Crippen LogP contribution >= 0.6 is 11.6 Å². The van der Waals surface area contributed by atoms with Crippen molar-refractivity contribution in [2.24, 2.45) is 5.92 Å². The van der Waals surface area contributed by atoms with Crippen molar-refractivity contribution in [1.82, 2.24) is 9.97 Å². The largest absolute Gasteiger partial charge is 0.465 e. The Bertz CT molecular complexity index is 833. The van der Waals surface area contributed by atoms with Crippen LogP contribution in [0.2, 0.25) is 5.02 Å². The van der Waals surface area contributed by atoms with Gasteiger partial charge < -0.3 is 15.0 Å². The summed E-state index contributed by atoms with van der Waals surface area (Å²) in [5.41, 5.74) is 0.922. The molecule has 142 valence electrons. The molecule has 8 heteroatoms. The van der Waals surface area contributed by atoms with Crippen LogP contribution in [0.15, 0.2) is 30.6 Å². The highest BCUT2D eigenvalue weighted by Gasteiger charge is 2.19. The van der Waals surface area contributed by atoms with Crippen molar-refractivity contribution in [1.29, 1.82) is 0 Å². The Kier molecular flexibility index (Phi) is 5.91. The number of carbonyl (C=O) groups excluding carboxylic acids is 2. The lowest BCUT2D eigenvalue weighted by Gasteiger charge is -2.30. The molecule has 0 spiro atoms. The minimum Gasteiger partial charge on any atom is -0.465 e. The summed E-state index contributed by atoms with van der Waals surface area (Å²) in [6.07, 6.45) is 5.21. The predicted molar refractivity (Wildman–Crippen MR) is 103 cm³/mol. The summed E-state index contributed by atoms with van der Waals surface area (Å²) in [5.74, 6) is 0.435. The maximum absolute atomic E-state index is 12.5. The first-order valence-corrected chi connectivity index (χ1v) is 9.12. The zero-order valence-corrected chi connectivity index (χ0v) is 16.0. The zero-order chi connectivity index (χ0) is 19.4. The fourth-order valence-corrected chi connectivity index (χ4v) is 3.04. The summed E-state index contributed by atoms with van der Waals surface area (Å²) >= 11 is 6.11. The Hall–Kier alpha value is -2.67. The van der Waals surface area contributed by atoms with E-state index in [-0.39, 0.29) is 0 Å². The molecule has 1 fully saturated rings. The molecule has 1 saturated heterocycles. The van der Waals surface area contributed by atoms with Crippen LogP contribution in [0, 0.1) is 5.92 Å². The quantitative estimate of drug-likeness (QED) is 0.808. The molecule has 7 nitrogen and oxygen atoms in total. The van der Waals surface area contributed by atoms with Gasteiger partial charge in [0.05, 0.1) is 28.9 Å². The first-order valence-electron chi connectivity index (χ1n) is 8.74. The Morgan fingerprint density at radius 1 is 1.19 bits per heavy atom. The van der Waals surface area contributed by atoms with Crippen LogP contribution in [0.25, 0.3) is 0 Å². The van der Waals surface area contributed by atoms with Gasteiger partial charge in [0.25, 0.3) is 5.91 Å². The number of ether oxygens (including phenoxy) is 1. The summed E-state index contributed by atoms with van der Waals surface area (Å²) < 4.78 is 4.68. The van der Waals surface area contributed by atoms with E-state index in [9.17, 15) is 9.59 Å². The van der Waals surface area contributed by atoms with E-state index in [4.69, 9.17) is 11.6 Å². The minimum atomic E-state index is -0.509. The van der Waals surface area contributed by atoms with Crippen LogP contribution in [0.5, 0.6) is 0 Å². The van der Waals surface area contributed by atoms with Gasteiger partial charge in [0.15, 0.2) is 0 Å². The van der Waals surface area contributed by atoms with E-state index in [2.05, 4.69) is 31.8 Å². The Morgan fingerprint density at radius 2 is 1.85 bits per heavy atom. The van der Waals surface area contributed by atoms with Gasteiger partial charge in [-0.1, -0.05) is 18.5 Å². The van der Waals surface area contributed by atoms with Crippen molar-refractivity contribution in [2.45, 2.75) is 19.8 Å². The molecule has 0 aliphatic carbocycles. The Labute approximate surface area is 162 Å². The number of halogens is 1. The molecule has 0 bridgehead atoms. The molecule has 2 heterocycles. The maximum atomic E-state index is 12.5. The normalized spacial score (nSPS) is 14.7. The molecular weight excluding hydrogens is 368 g/mol. The number of nitrogens with zero attached hydrogens (tertiary/aromatic N) is 3. The molecule has 0 atom stereocenters. The van der Waals surface area contributed by atoms with Gasteiger partial charge in [0.1, 0.15) is 0 Å². The van der Waals surface area contributed by atoms with Gasteiger partial charge in [-0.05, 0) is 37.0 Å². The molecule has 1 N–H and O–H groups in total. The SMILES string of the molecule is COC(=O)c1ccc(Cl)c(NC(=O)c2cnc(N3CCC(C)CC3)nc2)c1. The number of amides is 1. The molecule has 0 radical (unpaired) electrons. The number of piperidine rings is 1. The first kappa shape index (κ1) is 19.1. The second-order valence-electron chi connectivity index (χ2n) is 6.58. The van der Waals surface area contributed by atoms with Crippen LogP contribution in [0.4, 0.5) is 11.6 Å². The minimum absolute atomic E-state index is 0.295. The number of rotatable bonds is 4. The van der Waals surface area contributed by atoms with E-state index < -0.39 is 11.9 Å². The number of anilines is 2. The molecule has 2 aromatic rings. The fraction of sp³-hybridized carbons (Fsp3) is 0.368. The van der Waals surface area contributed by atoms with Gasteiger partial charge in [-0.15, -0.1) is 0 Å². The van der Waals surface area contributed by atoms with Crippen molar-refractivity contribution in [2.75, 3.05) is 30.4 Å². The molecular formula is C19H21ClN4O3. The lowest BCUT2D eigenvalue weighted by molar-refractivity contribution is 0.0600. The third kappa shape index (κ3) is 4.54. The van der Waals surface area contributed by atoms with Crippen molar-refractivity contribution in [3.8, 4) is 0 Å². The predicted octanol–water partition coefficient (Wildman–Crippen LogP) is 3.41. The van der Waals surface area contributed by atoms with E-state index in [1.54, 1.807) is 0 Å². The number of esters is 1. The number of hydrogen-bond acceptors (Lipinski definition) is 6. The number of methoxy groups -OCH3 is 1. The zero-order valence-electron chi connectivity index (χ0n) is 15.2. The van der Waals surface area contributed by atoms with Gasteiger partial charge in [-0.2, -0.15) is 0 Å². The van der Waals surface area contributed by atoms with Gasteiger partial charge >= 0.3 is 5.97 Å². The number of aromatic nitrogens is 2. The van der Waals surface area contributed by atoms with Crippen LogP contribution in [0.1, 0.15) is 40.5 Å². The van der Waals surface area contributed by atoms with Crippen LogP contribution in [-0.4, -0.2) is 42.0 Å². The van der Waals surface area contributed by atoms with E-state index in [1.807, 2.05) is 0 Å². The third-order valence-corrected chi connectivity index (χ3v) is 4.93. The topological polar surface area (TPSA) is 84.4 Å². The van der Waals surface area contributed by atoms with Crippen LogP contribution in [0.3, 0.4) is 0 Å². The molecule has 3 rings (SSSR count). The number of carbonyl (C=O) groups is 2. The summed E-state index contributed by atoms with van der Waals surface area (Å²) in [6.45, 7) is 4.08. The smallest absolute Gasteiger partial charge is 0.337 e. The van der Waals surface area contributed by atoms with E-state index in [0.29, 0.717) is 27.8 Å². The summed E-state index contributed by atoms with van der Waals surface area (Å²) in [6, 6.07) is 4.53. The van der Waals surface area contributed by atoms with E-state index in [0.717, 1.165) is 31.8 Å². The summed E-state index contributed by atoms with van der Waals surface area (Å²) in [4.78, 5) is 34.9. The maximum Gasteiger partial charge on any atom is 0.337 e. The van der Waals surface area contributed by atoms with Crippen LogP contribution < -0.4 is 10.2 Å². The molecule has 1 amide bonds. The first-order chi connectivity index (χ1) is 13.0. The molecule has 1 aliphatic heterocycles. The number of hydrogen-bond donors (Lipinski definition) is 1. The van der Waals surface area contributed by atoms with E-state index >= 15 is 0 Å². The monoisotopic (exact) mass is 388 g/mol. The molecule has 27 heavy (non-hydrogen) atoms. The van der Waals surface area contributed by atoms with Gasteiger partial charge in [-0.25, -0.2) is 14.8 Å². The second-order valence-corrected chi connectivity index (χ2v) is 6.99. The number of nitrogens with one attached hydrogen (secondary N) is 1. The lowest BCUT2D eigenvalue weighted by atomic mass is 10.00. The Morgan fingerprint density at radius 3 is 2.48 bits per heavy atom. The average Bonchev–Trinajstić information content (AvgIpc) is 2.69. The molecule has 1 aromatic carbocycles. The second kappa shape index (κ2) is 8.35. The highest BCUT2D eigenvalue weighted by molar-refractivity contribution is 6.34. The molecule has 0 unspecified atom stereocenters. The van der Waals surface area contributed by atoms with Crippen LogP contribution in [-0.2, 0) is 4.74 Å². The van der Waals surface area contributed by atoms with Gasteiger partial charge in [0.2, 0.25) is 5.95 Å². The standard InChI is InChI=1S/C19H21ClN4O3/c1-12-5-7-24(8-6-12)19-21-10-14(11-22-19)17(25)23-16-9-13(18(26)27-2)3-4-15(16)20/h3-4,9-12H,5-8H2,1-2H3,(H,23,25). The van der Waals surface area contributed by atoms with Crippen molar-refractivity contribution >= 4 is 35.1 Å². The van der Waals surface area contributed by atoms with Gasteiger partial charge in [-0.3, -0.25) is 4.79 Å². The van der Waals surface area contributed by atoms with E-state index in [1.165, 1.54) is 37.7 Å². The van der Waals surface area contributed by atoms with Crippen molar-refractivity contribution < 1.29 is 14.3 Å². The van der Waals surface area contributed by atoms with Gasteiger partial charge in [0, 0.05) is 25.5 Å². The Balaban J connectivity index is 1.70.